The van der Waals surface area contributed by atoms with Gasteiger partial charge in [-0.15, -0.1) is 0 Å². The summed E-state index contributed by atoms with van der Waals surface area (Å²) in [6.45, 7) is 2.85. The largest absolute Gasteiger partial charge is 0.312 e. The van der Waals surface area contributed by atoms with Crippen LogP contribution >= 0.6 is 0 Å². The van der Waals surface area contributed by atoms with E-state index in [1.54, 1.807) is 0 Å². The van der Waals surface area contributed by atoms with Crippen LogP contribution in [0.3, 0.4) is 0 Å². The van der Waals surface area contributed by atoms with Crippen LogP contribution in [0.1, 0.15) is 26.2 Å². The van der Waals surface area contributed by atoms with Gasteiger partial charge in [0.15, 0.2) is 0 Å². The standard InChI is InChI=1S/C5H13NO.C3H9N.2B/c1-2-3-4-5-7-6;1-4(2)3;;/h2-6H2,1H3;1-3H3;;. The van der Waals surface area contributed by atoms with Crippen molar-refractivity contribution in [1.29, 1.82) is 0 Å². The summed E-state index contributed by atoms with van der Waals surface area (Å²) in [7, 11) is 6.00. The molecule has 0 bridgehead atoms. The lowest BCUT2D eigenvalue weighted by Crippen LogP contribution is -1.99. The van der Waals surface area contributed by atoms with E-state index in [1.165, 1.54) is 12.8 Å². The Balaban J connectivity index is -0.0000000600. The van der Waals surface area contributed by atoms with Crippen LogP contribution in [0.15, 0.2) is 0 Å². The first-order valence-electron chi connectivity index (χ1n) is 4.07. The van der Waals surface area contributed by atoms with Crippen molar-refractivity contribution in [1.82, 2.24) is 4.90 Å². The molecule has 0 aliphatic heterocycles. The van der Waals surface area contributed by atoms with Crippen LogP contribution in [-0.4, -0.2) is 49.5 Å². The Kier molecular flexibility index (Phi) is 40.3. The zero-order valence-corrected chi connectivity index (χ0v) is 9.42. The molecular formula is C8H22B2N2O. The van der Waals surface area contributed by atoms with Crippen LogP contribution < -0.4 is 5.90 Å². The van der Waals surface area contributed by atoms with E-state index in [0.717, 1.165) is 6.42 Å². The zero-order valence-electron chi connectivity index (χ0n) is 9.42. The third-order valence-corrected chi connectivity index (χ3v) is 0.866. The SMILES string of the molecule is CCCCCON.CN(C)C.[B].[B]. The molecule has 6 radical (unpaired) electrons. The lowest BCUT2D eigenvalue weighted by Gasteiger charge is -1.92. The van der Waals surface area contributed by atoms with Crippen molar-refractivity contribution >= 4 is 16.8 Å². The molecule has 0 aromatic rings. The molecule has 0 aromatic heterocycles. The first-order valence-corrected chi connectivity index (χ1v) is 4.07. The summed E-state index contributed by atoms with van der Waals surface area (Å²) in [5.74, 6) is 4.77. The molecule has 5 heteroatoms. The highest BCUT2D eigenvalue weighted by molar-refractivity contribution is 5.76. The van der Waals surface area contributed by atoms with Crippen molar-refractivity contribution in [3.05, 3.63) is 0 Å². The number of hydrogen-bond donors (Lipinski definition) is 1. The van der Waals surface area contributed by atoms with Gasteiger partial charge in [0.25, 0.3) is 0 Å². The molecule has 76 valence electrons. The molecule has 0 aromatic carbocycles. The highest BCUT2D eigenvalue weighted by atomic mass is 16.6. The predicted octanol–water partition coefficient (Wildman–Crippen LogP) is 0.483. The fraction of sp³-hybridized carbons (Fsp3) is 1.00. The molecule has 2 N–H and O–H groups in total. The van der Waals surface area contributed by atoms with Crippen LogP contribution in [0.5, 0.6) is 0 Å². The predicted molar refractivity (Wildman–Crippen MR) is 60.8 cm³/mol. The second kappa shape index (κ2) is 22.7. The van der Waals surface area contributed by atoms with Crippen LogP contribution in [0, 0.1) is 0 Å². The Morgan fingerprint density at radius 2 is 1.46 bits per heavy atom. The molecule has 3 nitrogen and oxygen atoms in total. The highest BCUT2D eigenvalue weighted by Crippen LogP contribution is 1.91. The third kappa shape index (κ3) is 74.8. The summed E-state index contributed by atoms with van der Waals surface area (Å²) in [6.07, 6.45) is 3.54. The van der Waals surface area contributed by atoms with E-state index >= 15 is 0 Å². The molecule has 0 heterocycles. The Morgan fingerprint density at radius 3 is 1.69 bits per heavy atom. The van der Waals surface area contributed by atoms with E-state index in [0.29, 0.717) is 6.61 Å². The second-order valence-corrected chi connectivity index (χ2v) is 2.92. The van der Waals surface area contributed by atoms with Crippen LogP contribution in [-0.2, 0) is 4.84 Å². The van der Waals surface area contributed by atoms with Gasteiger partial charge in [0.05, 0.1) is 6.61 Å². The smallest absolute Gasteiger partial charge is 0.0679 e. The van der Waals surface area contributed by atoms with Gasteiger partial charge in [0, 0.05) is 16.8 Å². The molecule has 0 aliphatic carbocycles. The van der Waals surface area contributed by atoms with Gasteiger partial charge in [0.2, 0.25) is 0 Å². The summed E-state index contributed by atoms with van der Waals surface area (Å²) in [5, 5.41) is 0. The minimum Gasteiger partial charge on any atom is -0.312 e. The maximum Gasteiger partial charge on any atom is 0.0679 e. The molecule has 0 saturated heterocycles. The number of nitrogens with two attached hydrogens (primary N) is 1. The minimum absolute atomic E-state index is 0. The van der Waals surface area contributed by atoms with Gasteiger partial charge < -0.3 is 9.74 Å². The second-order valence-electron chi connectivity index (χ2n) is 2.92. The molecular weight excluding hydrogens is 162 g/mol. The van der Waals surface area contributed by atoms with Crippen molar-refractivity contribution in [3.63, 3.8) is 0 Å². The Bertz CT molecular complexity index is 59.4. The van der Waals surface area contributed by atoms with Gasteiger partial charge in [-0.25, -0.2) is 5.90 Å². The van der Waals surface area contributed by atoms with E-state index in [4.69, 9.17) is 5.90 Å². The summed E-state index contributed by atoms with van der Waals surface area (Å²) in [6, 6.07) is 0. The number of nitrogens with zero attached hydrogens (tertiary/aromatic N) is 1. The number of unbranched alkanes of at least 4 members (excludes halogenated alkanes) is 2. The zero-order chi connectivity index (χ0) is 9.11. The number of hydrogen-bond acceptors (Lipinski definition) is 3. The van der Waals surface area contributed by atoms with Crippen LogP contribution in [0.25, 0.3) is 0 Å². The summed E-state index contributed by atoms with van der Waals surface area (Å²) in [4.78, 5) is 6.34. The minimum atomic E-state index is 0. The van der Waals surface area contributed by atoms with Crippen molar-refractivity contribution < 1.29 is 4.84 Å². The molecule has 0 atom stereocenters. The summed E-state index contributed by atoms with van der Waals surface area (Å²) >= 11 is 0. The lowest BCUT2D eigenvalue weighted by molar-refractivity contribution is 0.134. The summed E-state index contributed by atoms with van der Waals surface area (Å²) in [5.41, 5.74) is 0. The maximum atomic E-state index is 4.77. The van der Waals surface area contributed by atoms with Gasteiger partial charge in [-0.3, -0.25) is 0 Å². The van der Waals surface area contributed by atoms with Crippen molar-refractivity contribution in [2.24, 2.45) is 5.90 Å². The first-order chi connectivity index (χ1) is 5.15. The van der Waals surface area contributed by atoms with E-state index in [2.05, 4.69) is 11.8 Å². The fourth-order valence-electron chi connectivity index (χ4n) is 0.435. The van der Waals surface area contributed by atoms with Gasteiger partial charge in [-0.1, -0.05) is 19.8 Å². The highest BCUT2D eigenvalue weighted by Gasteiger charge is 1.80. The van der Waals surface area contributed by atoms with E-state index in [-0.39, 0.29) is 16.8 Å². The van der Waals surface area contributed by atoms with Gasteiger partial charge >= 0.3 is 0 Å². The van der Waals surface area contributed by atoms with Crippen LogP contribution in [0.2, 0.25) is 0 Å². The van der Waals surface area contributed by atoms with Gasteiger partial charge in [-0.05, 0) is 27.6 Å². The quantitative estimate of drug-likeness (QED) is 0.392. The molecule has 0 spiro atoms. The number of rotatable bonds is 4. The lowest BCUT2D eigenvalue weighted by atomic mass is 10.3. The van der Waals surface area contributed by atoms with Crippen LogP contribution in [0.4, 0.5) is 0 Å². The Hall–Kier alpha value is 0.00987. The molecule has 0 unspecified atom stereocenters. The van der Waals surface area contributed by atoms with Gasteiger partial charge in [0.1, 0.15) is 0 Å². The molecule has 0 amide bonds. The topological polar surface area (TPSA) is 38.5 Å². The van der Waals surface area contributed by atoms with Crippen molar-refractivity contribution in [3.8, 4) is 0 Å². The molecule has 0 saturated carbocycles. The van der Waals surface area contributed by atoms with E-state index in [1.807, 2.05) is 26.0 Å². The average molecular weight is 184 g/mol. The van der Waals surface area contributed by atoms with Crippen molar-refractivity contribution in [2.75, 3.05) is 27.7 Å². The third-order valence-electron chi connectivity index (χ3n) is 0.866. The Morgan fingerprint density at radius 1 is 1.08 bits per heavy atom. The maximum absolute atomic E-state index is 4.77. The fourth-order valence-corrected chi connectivity index (χ4v) is 0.435. The van der Waals surface area contributed by atoms with Gasteiger partial charge in [-0.2, -0.15) is 0 Å². The summed E-state index contributed by atoms with van der Waals surface area (Å²) < 4.78 is 0. The molecule has 0 fully saturated rings. The molecule has 0 aliphatic rings. The Labute approximate surface area is 87.1 Å². The normalized spacial score (nSPS) is 7.85. The average Bonchev–Trinajstić information content (AvgIpc) is 1.88. The van der Waals surface area contributed by atoms with Crippen molar-refractivity contribution in [2.45, 2.75) is 26.2 Å². The monoisotopic (exact) mass is 184 g/mol. The first kappa shape index (κ1) is 23.1. The molecule has 13 heavy (non-hydrogen) atoms. The molecule has 0 rings (SSSR count). The van der Waals surface area contributed by atoms with E-state index in [9.17, 15) is 0 Å². The van der Waals surface area contributed by atoms with E-state index < -0.39 is 0 Å².